The monoisotopic (exact) mass is 333 g/mol. The van der Waals surface area contributed by atoms with Crippen molar-refractivity contribution >= 4 is 38.2 Å². The van der Waals surface area contributed by atoms with Crippen molar-refractivity contribution in [3.05, 3.63) is 28.9 Å². The number of benzene rings is 1. The molecule has 1 unspecified atom stereocenters. The number of nitrogens with two attached hydrogens (primary N) is 1. The third-order valence-electron chi connectivity index (χ3n) is 4.19. The Balaban J connectivity index is 2.13. The van der Waals surface area contributed by atoms with Crippen molar-refractivity contribution < 1.29 is 0 Å². The average Bonchev–Trinajstić information content (AvgIpc) is 2.65. The first-order valence-electron chi connectivity index (χ1n) is 7.27. The molecule has 1 fully saturated rings. The fourth-order valence-electron chi connectivity index (χ4n) is 3.07. The number of pyridine rings is 1. The number of nitrogen functional groups attached to an aromatic ring is 1. The van der Waals surface area contributed by atoms with Crippen LogP contribution in [-0.2, 0) is 0 Å². The molecule has 4 heteroatoms. The summed E-state index contributed by atoms with van der Waals surface area (Å²) >= 11 is 3.48. The van der Waals surface area contributed by atoms with Crippen LogP contribution in [0.15, 0.2) is 28.9 Å². The lowest BCUT2D eigenvalue weighted by atomic mass is 10.1. The first kappa shape index (κ1) is 13.7. The maximum Gasteiger partial charge on any atom is 0.0956 e. The van der Waals surface area contributed by atoms with Crippen molar-refractivity contribution in [1.29, 1.82) is 0 Å². The molecular weight excluding hydrogens is 314 g/mol. The summed E-state index contributed by atoms with van der Waals surface area (Å²) in [5.74, 6) is 0. The first-order chi connectivity index (χ1) is 9.66. The summed E-state index contributed by atoms with van der Waals surface area (Å²) in [6, 6.07) is 6.75. The first-order valence-corrected chi connectivity index (χ1v) is 8.06. The van der Waals surface area contributed by atoms with E-state index in [1.165, 1.54) is 31.4 Å². The zero-order valence-electron chi connectivity index (χ0n) is 11.8. The van der Waals surface area contributed by atoms with E-state index in [-0.39, 0.29) is 0 Å². The number of hydrogen-bond acceptors (Lipinski definition) is 3. The van der Waals surface area contributed by atoms with Gasteiger partial charge in [-0.15, -0.1) is 0 Å². The molecule has 0 spiro atoms. The molecule has 0 radical (unpaired) electrons. The second-order valence-corrected chi connectivity index (χ2v) is 6.53. The van der Waals surface area contributed by atoms with Crippen LogP contribution >= 0.6 is 15.9 Å². The molecule has 1 atom stereocenters. The van der Waals surface area contributed by atoms with Gasteiger partial charge >= 0.3 is 0 Å². The lowest BCUT2D eigenvalue weighted by molar-refractivity contribution is 0.617. The van der Waals surface area contributed by atoms with Gasteiger partial charge in [-0.3, -0.25) is 4.98 Å². The Hall–Kier alpha value is -1.29. The van der Waals surface area contributed by atoms with Crippen LogP contribution in [0.5, 0.6) is 0 Å². The molecule has 20 heavy (non-hydrogen) atoms. The second kappa shape index (κ2) is 5.60. The van der Waals surface area contributed by atoms with Gasteiger partial charge in [0.1, 0.15) is 0 Å². The van der Waals surface area contributed by atoms with Crippen LogP contribution in [0.25, 0.3) is 10.9 Å². The number of hydrogen-bond donors (Lipinski definition) is 1. The van der Waals surface area contributed by atoms with E-state index in [9.17, 15) is 0 Å². The van der Waals surface area contributed by atoms with Crippen molar-refractivity contribution in [3.8, 4) is 0 Å². The summed E-state index contributed by atoms with van der Waals surface area (Å²) in [4.78, 5) is 7.11. The van der Waals surface area contributed by atoms with Gasteiger partial charge in [0.25, 0.3) is 0 Å². The normalized spacial score (nSPS) is 20.1. The van der Waals surface area contributed by atoms with Crippen molar-refractivity contribution in [1.82, 2.24) is 4.98 Å². The summed E-state index contributed by atoms with van der Waals surface area (Å²) in [7, 11) is 0. The molecule has 0 aliphatic carbocycles. The van der Waals surface area contributed by atoms with Crippen molar-refractivity contribution in [2.24, 2.45) is 0 Å². The van der Waals surface area contributed by atoms with Crippen LogP contribution in [0.4, 0.5) is 11.4 Å². The highest BCUT2D eigenvalue weighted by atomic mass is 79.9. The number of rotatable bonds is 1. The van der Waals surface area contributed by atoms with Crippen molar-refractivity contribution in [2.45, 2.75) is 38.6 Å². The largest absolute Gasteiger partial charge is 0.398 e. The van der Waals surface area contributed by atoms with E-state index in [1.807, 2.05) is 12.3 Å². The Morgan fingerprint density at radius 3 is 3.00 bits per heavy atom. The number of fused-ring (bicyclic) bond motifs is 1. The van der Waals surface area contributed by atoms with Gasteiger partial charge in [0.15, 0.2) is 0 Å². The molecule has 1 aliphatic rings. The summed E-state index contributed by atoms with van der Waals surface area (Å²) in [5.41, 5.74) is 9.14. The van der Waals surface area contributed by atoms with Crippen LogP contribution in [0.2, 0.25) is 0 Å². The molecule has 0 bridgehead atoms. The summed E-state index contributed by atoms with van der Waals surface area (Å²) in [6.45, 7) is 3.42. The van der Waals surface area contributed by atoms with Crippen LogP contribution < -0.4 is 10.6 Å². The maximum atomic E-state index is 6.11. The van der Waals surface area contributed by atoms with Crippen molar-refractivity contribution in [2.75, 3.05) is 17.2 Å². The van der Waals surface area contributed by atoms with Crippen LogP contribution in [0, 0.1) is 0 Å². The highest BCUT2D eigenvalue weighted by Crippen LogP contribution is 2.33. The van der Waals surface area contributed by atoms with Crippen molar-refractivity contribution in [3.63, 3.8) is 0 Å². The predicted octanol–water partition coefficient (Wildman–Crippen LogP) is 4.35. The summed E-state index contributed by atoms with van der Waals surface area (Å²) < 4.78 is 0.970. The molecule has 2 heterocycles. The van der Waals surface area contributed by atoms with Crippen LogP contribution in [0.3, 0.4) is 0 Å². The Kier molecular flexibility index (Phi) is 3.83. The lowest BCUT2D eigenvalue weighted by Gasteiger charge is -2.30. The number of halogens is 1. The third kappa shape index (κ3) is 2.49. The minimum atomic E-state index is 0.565. The molecule has 1 aliphatic heterocycles. The SMILES string of the molecule is CC1CCCCCN1c1ccc(N)c2cc(Br)cnc12. The topological polar surface area (TPSA) is 42.1 Å². The Morgan fingerprint density at radius 2 is 2.15 bits per heavy atom. The zero-order chi connectivity index (χ0) is 14.1. The third-order valence-corrected chi connectivity index (χ3v) is 4.62. The minimum absolute atomic E-state index is 0.565. The van der Waals surface area contributed by atoms with E-state index in [0.717, 1.165) is 27.6 Å². The van der Waals surface area contributed by atoms with E-state index in [1.54, 1.807) is 0 Å². The molecule has 2 aromatic rings. The summed E-state index contributed by atoms with van der Waals surface area (Å²) in [6.07, 6.45) is 7.01. The molecule has 3 rings (SSSR count). The van der Waals surface area contributed by atoms with Gasteiger partial charge in [-0.2, -0.15) is 0 Å². The standard InChI is InChI=1S/C16H20BrN3/c1-11-5-3-2-4-8-20(11)15-7-6-14(18)13-9-12(17)10-19-16(13)15/h6-7,9-11H,2-5,8,18H2,1H3. The Morgan fingerprint density at radius 1 is 1.30 bits per heavy atom. The van der Waals surface area contributed by atoms with Gasteiger partial charge < -0.3 is 10.6 Å². The highest BCUT2D eigenvalue weighted by molar-refractivity contribution is 9.10. The molecular formula is C16H20BrN3. The van der Waals surface area contributed by atoms with Gasteiger partial charge in [-0.25, -0.2) is 0 Å². The van der Waals surface area contributed by atoms with Gasteiger partial charge in [0.05, 0.1) is 11.2 Å². The molecule has 2 N–H and O–H groups in total. The van der Waals surface area contributed by atoms with E-state index in [4.69, 9.17) is 5.73 Å². The Labute approximate surface area is 128 Å². The number of aromatic nitrogens is 1. The maximum absolute atomic E-state index is 6.11. The average molecular weight is 334 g/mol. The smallest absolute Gasteiger partial charge is 0.0956 e. The molecule has 1 saturated heterocycles. The molecule has 0 amide bonds. The summed E-state index contributed by atoms with van der Waals surface area (Å²) in [5, 5.41) is 1.04. The second-order valence-electron chi connectivity index (χ2n) is 5.62. The van der Waals surface area contributed by atoms with E-state index < -0.39 is 0 Å². The molecule has 106 valence electrons. The van der Waals surface area contributed by atoms with E-state index >= 15 is 0 Å². The molecule has 3 nitrogen and oxygen atoms in total. The quantitative estimate of drug-likeness (QED) is 0.789. The van der Waals surface area contributed by atoms with E-state index in [0.29, 0.717) is 6.04 Å². The van der Waals surface area contributed by atoms with Gasteiger partial charge in [0.2, 0.25) is 0 Å². The number of anilines is 2. The minimum Gasteiger partial charge on any atom is -0.398 e. The predicted molar refractivity (Wildman–Crippen MR) is 89.1 cm³/mol. The van der Waals surface area contributed by atoms with Crippen LogP contribution in [-0.4, -0.2) is 17.6 Å². The lowest BCUT2D eigenvalue weighted by Crippen LogP contribution is -2.32. The Bertz CT molecular complexity index is 626. The fraction of sp³-hybridized carbons (Fsp3) is 0.438. The molecule has 1 aromatic carbocycles. The van der Waals surface area contributed by atoms with Gasteiger partial charge in [0, 0.05) is 34.3 Å². The van der Waals surface area contributed by atoms with Gasteiger partial charge in [-0.05, 0) is 53.9 Å². The highest BCUT2D eigenvalue weighted by Gasteiger charge is 2.20. The van der Waals surface area contributed by atoms with Crippen LogP contribution in [0.1, 0.15) is 32.6 Å². The van der Waals surface area contributed by atoms with E-state index in [2.05, 4.69) is 44.9 Å². The number of nitrogens with zero attached hydrogens (tertiary/aromatic N) is 2. The van der Waals surface area contributed by atoms with Gasteiger partial charge in [-0.1, -0.05) is 12.8 Å². The zero-order valence-corrected chi connectivity index (χ0v) is 13.4. The molecule has 0 saturated carbocycles. The fourth-order valence-corrected chi connectivity index (χ4v) is 3.40. The molecule has 1 aromatic heterocycles.